The molecule has 8 heteroatoms. The number of benzene rings is 2. The SMILES string of the molecule is CC1=C(C(=O)OCc2ccccc2)C(c2cccc([N+](=O)[O-])c2)c2c(ccnc2OC(C)C)N1. The van der Waals surface area contributed by atoms with Crippen LogP contribution >= 0.6 is 0 Å². The van der Waals surface area contributed by atoms with Crippen molar-refractivity contribution < 1.29 is 19.2 Å². The zero-order chi connectivity index (χ0) is 24.2. The Labute approximate surface area is 197 Å². The molecule has 1 aliphatic rings. The second-order valence-corrected chi connectivity index (χ2v) is 8.25. The molecule has 174 valence electrons. The summed E-state index contributed by atoms with van der Waals surface area (Å²) in [4.78, 5) is 28.9. The minimum absolute atomic E-state index is 0.0672. The van der Waals surface area contributed by atoms with Crippen LogP contribution in [0.4, 0.5) is 11.4 Å². The Hall–Kier alpha value is -4.20. The first-order valence-corrected chi connectivity index (χ1v) is 10.9. The lowest BCUT2D eigenvalue weighted by Crippen LogP contribution is -2.26. The molecule has 1 aliphatic heterocycles. The molecule has 1 aromatic heterocycles. The summed E-state index contributed by atoms with van der Waals surface area (Å²) in [5.41, 5.74) is 3.67. The molecule has 1 N–H and O–H groups in total. The number of nitro benzene ring substituents is 1. The van der Waals surface area contributed by atoms with E-state index in [0.717, 1.165) is 11.3 Å². The first-order valence-electron chi connectivity index (χ1n) is 10.9. The Bertz CT molecular complexity index is 1250. The topological polar surface area (TPSA) is 104 Å². The number of rotatable bonds is 7. The number of pyridine rings is 1. The van der Waals surface area contributed by atoms with E-state index in [1.54, 1.807) is 31.3 Å². The molecule has 0 amide bonds. The van der Waals surface area contributed by atoms with E-state index in [-0.39, 0.29) is 18.4 Å². The standard InChI is InChI=1S/C26H25N3O5/c1-16(2)34-25-24-21(12-13-27-25)28-17(3)22(26(30)33-15-18-8-5-4-6-9-18)23(24)19-10-7-11-20(14-19)29(31)32/h4-14,16,23,28H,15H2,1-3H3. The highest BCUT2D eigenvalue weighted by Crippen LogP contribution is 2.46. The Kier molecular flexibility index (Phi) is 6.58. The molecular weight excluding hydrogens is 434 g/mol. The van der Waals surface area contributed by atoms with Crippen LogP contribution in [0.25, 0.3) is 0 Å². The number of ether oxygens (including phenoxy) is 2. The number of aromatic nitrogens is 1. The summed E-state index contributed by atoms with van der Waals surface area (Å²) < 4.78 is 11.6. The molecule has 34 heavy (non-hydrogen) atoms. The van der Waals surface area contributed by atoms with Gasteiger partial charge in [-0.3, -0.25) is 10.1 Å². The van der Waals surface area contributed by atoms with E-state index in [2.05, 4.69) is 10.3 Å². The highest BCUT2D eigenvalue weighted by molar-refractivity contribution is 5.95. The van der Waals surface area contributed by atoms with Gasteiger partial charge in [0, 0.05) is 35.3 Å². The van der Waals surface area contributed by atoms with Crippen molar-refractivity contribution in [1.82, 2.24) is 4.98 Å². The molecule has 0 bridgehead atoms. The average molecular weight is 460 g/mol. The smallest absolute Gasteiger partial charge is 0.337 e. The van der Waals surface area contributed by atoms with Gasteiger partial charge in [-0.1, -0.05) is 42.5 Å². The Morgan fingerprint density at radius 3 is 2.62 bits per heavy atom. The van der Waals surface area contributed by atoms with Crippen LogP contribution in [-0.4, -0.2) is 22.0 Å². The summed E-state index contributed by atoms with van der Waals surface area (Å²) in [5.74, 6) is -0.824. The van der Waals surface area contributed by atoms with Gasteiger partial charge in [0.25, 0.3) is 5.69 Å². The Balaban J connectivity index is 1.82. The first-order chi connectivity index (χ1) is 16.3. The zero-order valence-corrected chi connectivity index (χ0v) is 19.1. The lowest BCUT2D eigenvalue weighted by molar-refractivity contribution is -0.384. The summed E-state index contributed by atoms with van der Waals surface area (Å²) in [7, 11) is 0. The Morgan fingerprint density at radius 2 is 1.91 bits per heavy atom. The second-order valence-electron chi connectivity index (χ2n) is 8.25. The van der Waals surface area contributed by atoms with E-state index in [1.165, 1.54) is 12.1 Å². The molecule has 1 atom stereocenters. The third kappa shape index (κ3) is 4.76. The number of hydrogen-bond donors (Lipinski definition) is 1. The maximum Gasteiger partial charge on any atom is 0.337 e. The van der Waals surface area contributed by atoms with Crippen LogP contribution in [0.5, 0.6) is 5.88 Å². The molecule has 2 heterocycles. The fraction of sp³-hybridized carbons (Fsp3) is 0.231. The quantitative estimate of drug-likeness (QED) is 0.288. The molecular formula is C26H25N3O5. The van der Waals surface area contributed by atoms with Crippen LogP contribution in [-0.2, 0) is 16.1 Å². The van der Waals surface area contributed by atoms with Gasteiger partial charge in [0.15, 0.2) is 0 Å². The van der Waals surface area contributed by atoms with Gasteiger partial charge in [0.2, 0.25) is 5.88 Å². The van der Waals surface area contributed by atoms with Gasteiger partial charge >= 0.3 is 5.97 Å². The molecule has 3 aromatic rings. The molecule has 0 spiro atoms. The fourth-order valence-electron chi connectivity index (χ4n) is 4.01. The van der Waals surface area contributed by atoms with Crippen molar-refractivity contribution in [2.45, 2.75) is 39.4 Å². The summed E-state index contributed by atoms with van der Waals surface area (Å²) in [5, 5.41) is 14.8. The predicted molar refractivity (Wildman–Crippen MR) is 128 cm³/mol. The van der Waals surface area contributed by atoms with E-state index in [4.69, 9.17) is 9.47 Å². The van der Waals surface area contributed by atoms with E-state index in [9.17, 15) is 14.9 Å². The number of nitro groups is 1. The van der Waals surface area contributed by atoms with Crippen LogP contribution in [0, 0.1) is 10.1 Å². The van der Waals surface area contributed by atoms with Crippen molar-refractivity contribution in [3.05, 3.63) is 105 Å². The molecule has 0 radical (unpaired) electrons. The molecule has 0 saturated heterocycles. The highest BCUT2D eigenvalue weighted by atomic mass is 16.6. The summed E-state index contributed by atoms with van der Waals surface area (Å²) in [6.45, 7) is 5.66. The molecule has 8 nitrogen and oxygen atoms in total. The number of carbonyl (C=O) groups is 1. The Morgan fingerprint density at radius 1 is 1.15 bits per heavy atom. The van der Waals surface area contributed by atoms with Crippen molar-refractivity contribution in [2.75, 3.05) is 5.32 Å². The monoisotopic (exact) mass is 459 g/mol. The lowest BCUT2D eigenvalue weighted by Gasteiger charge is -2.31. The summed E-state index contributed by atoms with van der Waals surface area (Å²) in [6.07, 6.45) is 1.46. The van der Waals surface area contributed by atoms with Crippen LogP contribution in [0.2, 0.25) is 0 Å². The molecule has 0 aliphatic carbocycles. The van der Waals surface area contributed by atoms with Crippen molar-refractivity contribution in [2.24, 2.45) is 0 Å². The third-order valence-corrected chi connectivity index (χ3v) is 5.45. The number of hydrogen-bond acceptors (Lipinski definition) is 7. The number of non-ortho nitro benzene ring substituents is 1. The van der Waals surface area contributed by atoms with Crippen molar-refractivity contribution >= 4 is 17.3 Å². The lowest BCUT2D eigenvalue weighted by atomic mass is 9.81. The largest absolute Gasteiger partial charge is 0.475 e. The van der Waals surface area contributed by atoms with Crippen molar-refractivity contribution in [3.63, 3.8) is 0 Å². The average Bonchev–Trinajstić information content (AvgIpc) is 2.82. The minimum Gasteiger partial charge on any atom is -0.475 e. The van der Waals surface area contributed by atoms with Gasteiger partial charge in [-0.05, 0) is 38.0 Å². The van der Waals surface area contributed by atoms with E-state index >= 15 is 0 Å². The molecule has 4 rings (SSSR count). The molecule has 0 fully saturated rings. The van der Waals surface area contributed by atoms with Crippen LogP contribution in [0.1, 0.15) is 43.4 Å². The van der Waals surface area contributed by atoms with Crippen LogP contribution < -0.4 is 10.1 Å². The van der Waals surface area contributed by atoms with Crippen LogP contribution in [0.15, 0.2) is 78.1 Å². The van der Waals surface area contributed by atoms with Gasteiger partial charge in [-0.2, -0.15) is 0 Å². The van der Waals surface area contributed by atoms with Gasteiger partial charge in [-0.25, -0.2) is 9.78 Å². The highest BCUT2D eigenvalue weighted by Gasteiger charge is 2.37. The normalized spacial score (nSPS) is 14.9. The minimum atomic E-state index is -0.665. The number of anilines is 1. The van der Waals surface area contributed by atoms with Crippen LogP contribution in [0.3, 0.4) is 0 Å². The summed E-state index contributed by atoms with van der Waals surface area (Å²) >= 11 is 0. The van der Waals surface area contributed by atoms with Gasteiger partial charge < -0.3 is 14.8 Å². The molecule has 1 unspecified atom stereocenters. The number of nitrogens with zero attached hydrogens (tertiary/aromatic N) is 2. The van der Waals surface area contributed by atoms with Crippen molar-refractivity contribution in [3.8, 4) is 5.88 Å². The number of carbonyl (C=O) groups excluding carboxylic acids is 1. The number of esters is 1. The number of allylic oxidation sites excluding steroid dienone is 1. The maximum atomic E-state index is 13.4. The zero-order valence-electron chi connectivity index (χ0n) is 19.1. The van der Waals surface area contributed by atoms with E-state index in [1.807, 2.05) is 44.2 Å². The van der Waals surface area contributed by atoms with E-state index in [0.29, 0.717) is 28.3 Å². The summed E-state index contributed by atoms with van der Waals surface area (Å²) in [6, 6.07) is 17.4. The fourth-order valence-corrected chi connectivity index (χ4v) is 4.01. The van der Waals surface area contributed by atoms with Gasteiger partial charge in [0.05, 0.1) is 22.5 Å². The maximum absolute atomic E-state index is 13.4. The molecule has 2 aromatic carbocycles. The number of fused-ring (bicyclic) bond motifs is 1. The predicted octanol–water partition coefficient (Wildman–Crippen LogP) is 5.35. The van der Waals surface area contributed by atoms with E-state index < -0.39 is 16.8 Å². The third-order valence-electron chi connectivity index (χ3n) is 5.45. The van der Waals surface area contributed by atoms with Gasteiger partial charge in [0.1, 0.15) is 6.61 Å². The van der Waals surface area contributed by atoms with Gasteiger partial charge in [-0.15, -0.1) is 0 Å². The second kappa shape index (κ2) is 9.74. The first kappa shape index (κ1) is 23.0. The molecule has 0 saturated carbocycles. The van der Waals surface area contributed by atoms with Crippen molar-refractivity contribution in [1.29, 1.82) is 0 Å². The number of nitrogens with one attached hydrogen (secondary N) is 1.